The minimum atomic E-state index is -0.648. The smallest absolute Gasteiger partial charge is 0.253 e. The Morgan fingerprint density at radius 3 is 2.62 bits per heavy atom. The van der Waals surface area contributed by atoms with Crippen molar-refractivity contribution in [3.05, 3.63) is 77.4 Å². The Bertz CT molecular complexity index is 1070. The first-order valence-electron chi connectivity index (χ1n) is 11.1. The van der Waals surface area contributed by atoms with Gasteiger partial charge in [0.15, 0.2) is 0 Å². The van der Waals surface area contributed by atoms with E-state index in [4.69, 9.17) is 0 Å². The van der Waals surface area contributed by atoms with Gasteiger partial charge in [0.2, 0.25) is 5.91 Å². The van der Waals surface area contributed by atoms with Gasteiger partial charge in [-0.2, -0.15) is 0 Å². The van der Waals surface area contributed by atoms with Crippen LogP contribution in [0.25, 0.3) is 10.4 Å². The summed E-state index contributed by atoms with van der Waals surface area (Å²) in [6.07, 6.45) is 4.50. The van der Waals surface area contributed by atoms with Gasteiger partial charge in [-0.15, -0.1) is 11.3 Å². The van der Waals surface area contributed by atoms with Gasteiger partial charge in [0.25, 0.3) is 5.91 Å². The first-order valence-corrected chi connectivity index (χ1v) is 12.0. The van der Waals surface area contributed by atoms with Crippen molar-refractivity contribution >= 4 is 23.2 Å². The van der Waals surface area contributed by atoms with Gasteiger partial charge in [-0.1, -0.05) is 44.2 Å². The topological polar surface area (TPSA) is 62.3 Å². The second-order valence-corrected chi connectivity index (χ2v) is 9.86. The zero-order chi connectivity index (χ0) is 22.6. The minimum absolute atomic E-state index is 0.0391. The Kier molecular flexibility index (Phi) is 6.70. The summed E-state index contributed by atoms with van der Waals surface area (Å²) in [6, 6.07) is 15.9. The Balaban J connectivity index is 1.63. The van der Waals surface area contributed by atoms with Crippen LogP contribution < -0.4 is 5.32 Å². The van der Waals surface area contributed by atoms with E-state index in [1.165, 1.54) is 4.88 Å². The maximum Gasteiger partial charge on any atom is 0.253 e. The number of rotatable bonds is 7. The molecule has 1 aliphatic rings. The summed E-state index contributed by atoms with van der Waals surface area (Å²) < 4.78 is 0. The van der Waals surface area contributed by atoms with Crippen LogP contribution in [0, 0.1) is 11.3 Å². The van der Waals surface area contributed by atoms with Crippen molar-refractivity contribution < 1.29 is 9.59 Å². The van der Waals surface area contributed by atoms with E-state index in [2.05, 4.69) is 47.7 Å². The van der Waals surface area contributed by atoms with Crippen molar-refractivity contribution in [1.29, 1.82) is 0 Å². The molecule has 5 nitrogen and oxygen atoms in total. The maximum atomic E-state index is 13.5. The van der Waals surface area contributed by atoms with Gasteiger partial charge in [-0.05, 0) is 53.5 Å². The van der Waals surface area contributed by atoms with Crippen molar-refractivity contribution in [2.24, 2.45) is 11.3 Å². The quantitative estimate of drug-likeness (QED) is 0.573. The van der Waals surface area contributed by atoms with E-state index in [9.17, 15) is 9.59 Å². The number of aromatic nitrogens is 1. The van der Waals surface area contributed by atoms with Crippen molar-refractivity contribution in [3.63, 3.8) is 0 Å². The van der Waals surface area contributed by atoms with E-state index in [1.807, 2.05) is 23.1 Å². The zero-order valence-corrected chi connectivity index (χ0v) is 19.4. The first-order chi connectivity index (χ1) is 15.5. The molecule has 0 radical (unpaired) electrons. The van der Waals surface area contributed by atoms with Crippen molar-refractivity contribution in [2.45, 2.75) is 26.7 Å². The molecule has 2 amide bonds. The predicted molar refractivity (Wildman–Crippen MR) is 128 cm³/mol. The molecule has 0 unspecified atom stereocenters. The van der Waals surface area contributed by atoms with Gasteiger partial charge < -0.3 is 10.2 Å². The van der Waals surface area contributed by atoms with Crippen molar-refractivity contribution in [1.82, 2.24) is 15.2 Å². The first kappa shape index (κ1) is 22.2. The van der Waals surface area contributed by atoms with Gasteiger partial charge in [-0.3, -0.25) is 14.6 Å². The van der Waals surface area contributed by atoms with Crippen LogP contribution in [0.3, 0.4) is 0 Å². The normalized spacial score (nSPS) is 18.2. The lowest BCUT2D eigenvalue weighted by atomic mass is 9.78. The standard InChI is InChI=1S/C26H29N3O2S/c1-19(2)17-28-25(31)26(11-14-29(18-26)24(30)20-9-12-27-13-10-20)16-21-6-3-4-7-22(21)23-8-5-15-32-23/h3-10,12-13,15,19H,11,14,16-18H2,1-2H3,(H,28,31)/t26-/m1/s1. The van der Waals surface area contributed by atoms with Crippen molar-refractivity contribution in [2.75, 3.05) is 19.6 Å². The molecular weight excluding hydrogens is 418 g/mol. The molecule has 32 heavy (non-hydrogen) atoms. The van der Waals surface area contributed by atoms with Crippen LogP contribution in [-0.4, -0.2) is 41.3 Å². The number of thiophene rings is 1. The van der Waals surface area contributed by atoms with Gasteiger partial charge in [-0.25, -0.2) is 0 Å². The fourth-order valence-corrected chi connectivity index (χ4v) is 5.12. The molecule has 4 rings (SSSR count). The number of nitrogens with one attached hydrogen (secondary N) is 1. The highest BCUT2D eigenvalue weighted by Gasteiger charge is 2.46. The lowest BCUT2D eigenvalue weighted by molar-refractivity contribution is -0.130. The molecule has 1 aliphatic heterocycles. The molecule has 1 atom stereocenters. The number of likely N-dealkylation sites (tertiary alicyclic amines) is 1. The van der Waals surface area contributed by atoms with Gasteiger partial charge in [0.05, 0.1) is 5.41 Å². The SMILES string of the molecule is CC(C)CNC(=O)[C@@]1(Cc2ccccc2-c2cccs2)CCN(C(=O)c2ccncc2)C1. The highest BCUT2D eigenvalue weighted by atomic mass is 32.1. The van der Waals surface area contributed by atoms with Crippen LogP contribution in [0.2, 0.25) is 0 Å². The largest absolute Gasteiger partial charge is 0.355 e. The highest BCUT2D eigenvalue weighted by molar-refractivity contribution is 7.13. The average molecular weight is 448 g/mol. The van der Waals surface area contributed by atoms with E-state index < -0.39 is 5.41 Å². The lowest BCUT2D eigenvalue weighted by Gasteiger charge is -2.29. The van der Waals surface area contributed by atoms with Crippen LogP contribution in [0.4, 0.5) is 0 Å². The average Bonchev–Trinajstić information content (AvgIpc) is 3.49. The van der Waals surface area contributed by atoms with E-state index in [1.54, 1.807) is 35.9 Å². The second kappa shape index (κ2) is 9.65. The van der Waals surface area contributed by atoms with E-state index in [0.717, 1.165) is 11.1 Å². The zero-order valence-electron chi connectivity index (χ0n) is 18.6. The molecule has 0 bridgehead atoms. The summed E-state index contributed by atoms with van der Waals surface area (Å²) >= 11 is 1.70. The number of amides is 2. The molecule has 3 aromatic rings. The second-order valence-electron chi connectivity index (χ2n) is 8.91. The summed E-state index contributed by atoms with van der Waals surface area (Å²) in [5.41, 5.74) is 2.27. The monoisotopic (exact) mass is 447 g/mol. The predicted octanol–water partition coefficient (Wildman–Crippen LogP) is 4.66. The lowest BCUT2D eigenvalue weighted by Crippen LogP contribution is -2.46. The minimum Gasteiger partial charge on any atom is -0.355 e. The molecule has 0 saturated carbocycles. The third-order valence-corrected chi connectivity index (χ3v) is 6.96. The third-order valence-electron chi connectivity index (χ3n) is 6.05. The number of carbonyl (C=O) groups excluding carboxylic acids is 2. The maximum absolute atomic E-state index is 13.5. The highest BCUT2D eigenvalue weighted by Crippen LogP contribution is 2.39. The molecule has 1 fully saturated rings. The molecule has 1 saturated heterocycles. The molecule has 6 heteroatoms. The van der Waals surface area contributed by atoms with E-state index >= 15 is 0 Å². The number of nitrogens with zero attached hydrogens (tertiary/aromatic N) is 2. The number of pyridine rings is 1. The molecule has 1 aromatic carbocycles. The molecule has 2 aromatic heterocycles. The number of benzene rings is 1. The molecule has 3 heterocycles. The summed E-state index contributed by atoms with van der Waals surface area (Å²) in [5, 5.41) is 5.23. The number of carbonyl (C=O) groups is 2. The van der Waals surface area contributed by atoms with Gasteiger partial charge in [0, 0.05) is 42.5 Å². The van der Waals surface area contributed by atoms with Crippen molar-refractivity contribution in [3.8, 4) is 10.4 Å². The van der Waals surface area contributed by atoms with Gasteiger partial charge >= 0.3 is 0 Å². The molecular formula is C26H29N3O2S. The number of hydrogen-bond donors (Lipinski definition) is 1. The Morgan fingerprint density at radius 2 is 1.91 bits per heavy atom. The number of hydrogen-bond acceptors (Lipinski definition) is 4. The van der Waals surface area contributed by atoms with Crippen LogP contribution in [-0.2, 0) is 11.2 Å². The molecule has 166 valence electrons. The van der Waals surface area contributed by atoms with Crippen LogP contribution in [0.1, 0.15) is 36.2 Å². The molecule has 0 aliphatic carbocycles. The summed E-state index contributed by atoms with van der Waals surface area (Å²) in [5.74, 6) is 0.361. The molecule has 1 N–H and O–H groups in total. The summed E-state index contributed by atoms with van der Waals surface area (Å²) in [4.78, 5) is 33.6. The molecule has 0 spiro atoms. The summed E-state index contributed by atoms with van der Waals surface area (Å²) in [7, 11) is 0. The Morgan fingerprint density at radius 1 is 1.12 bits per heavy atom. The Hall–Kier alpha value is -2.99. The van der Waals surface area contributed by atoms with Gasteiger partial charge in [0.1, 0.15) is 0 Å². The fourth-order valence-electron chi connectivity index (χ4n) is 4.33. The fraction of sp³-hybridized carbons (Fsp3) is 0.346. The van der Waals surface area contributed by atoms with E-state index in [0.29, 0.717) is 44.0 Å². The summed E-state index contributed by atoms with van der Waals surface area (Å²) in [6.45, 7) is 5.79. The van der Waals surface area contributed by atoms with Crippen LogP contribution in [0.5, 0.6) is 0 Å². The van der Waals surface area contributed by atoms with Crippen LogP contribution >= 0.6 is 11.3 Å². The van der Waals surface area contributed by atoms with E-state index in [-0.39, 0.29) is 11.8 Å². The van der Waals surface area contributed by atoms with Crippen LogP contribution in [0.15, 0.2) is 66.3 Å². The third kappa shape index (κ3) is 4.75. The Labute approximate surface area is 193 Å².